The largest absolute Gasteiger partial charge is 0.304 e. The second-order valence-electron chi connectivity index (χ2n) is 5.10. The Kier molecular flexibility index (Phi) is 4.54. The zero-order valence-corrected chi connectivity index (χ0v) is 14.9. The number of nitrogens with zero attached hydrogens (tertiary/aromatic N) is 2. The van der Waals surface area contributed by atoms with Crippen LogP contribution in [0.25, 0.3) is 5.69 Å². The fraction of sp³-hybridized carbons (Fsp3) is 0.0625. The molecule has 0 atom stereocenters. The Balaban J connectivity index is 1.86. The number of hydrogen-bond donors (Lipinski definition) is 1. The van der Waals surface area contributed by atoms with E-state index in [-0.39, 0.29) is 14.9 Å². The molecule has 0 aliphatic rings. The van der Waals surface area contributed by atoms with E-state index in [0.717, 1.165) is 11.5 Å². The molecule has 24 heavy (non-hydrogen) atoms. The summed E-state index contributed by atoms with van der Waals surface area (Å²) < 4.78 is 29.3. The van der Waals surface area contributed by atoms with Crippen molar-refractivity contribution in [3.8, 4) is 5.69 Å². The number of aryl methyl sites for hydroxylation is 1. The van der Waals surface area contributed by atoms with Gasteiger partial charge in [0.15, 0.2) is 0 Å². The van der Waals surface area contributed by atoms with E-state index in [1.54, 1.807) is 30.5 Å². The predicted octanol–water partition coefficient (Wildman–Crippen LogP) is 4.29. The van der Waals surface area contributed by atoms with Gasteiger partial charge in [-0.1, -0.05) is 23.2 Å². The number of anilines is 1. The third kappa shape index (κ3) is 3.56. The molecule has 3 aromatic rings. The molecule has 3 rings (SSSR count). The van der Waals surface area contributed by atoms with Crippen LogP contribution in [0.15, 0.2) is 59.8 Å². The minimum atomic E-state index is -3.77. The summed E-state index contributed by atoms with van der Waals surface area (Å²) in [5, 5.41) is 0.516. The van der Waals surface area contributed by atoms with Crippen LogP contribution in [0.3, 0.4) is 0 Å². The van der Waals surface area contributed by atoms with Gasteiger partial charge < -0.3 is 4.57 Å². The Morgan fingerprint density at radius 2 is 1.67 bits per heavy atom. The van der Waals surface area contributed by atoms with E-state index < -0.39 is 10.0 Å². The average molecular weight is 382 g/mol. The van der Waals surface area contributed by atoms with Crippen LogP contribution < -0.4 is 4.72 Å². The monoisotopic (exact) mass is 381 g/mol. The van der Waals surface area contributed by atoms with Crippen molar-refractivity contribution in [3.05, 3.63) is 70.7 Å². The molecule has 0 bridgehead atoms. The Morgan fingerprint density at radius 3 is 2.21 bits per heavy atom. The third-order valence-electron chi connectivity index (χ3n) is 3.37. The van der Waals surface area contributed by atoms with Crippen molar-refractivity contribution in [3.63, 3.8) is 0 Å². The molecule has 5 nitrogen and oxygen atoms in total. The van der Waals surface area contributed by atoms with Gasteiger partial charge in [-0.3, -0.25) is 4.72 Å². The second-order valence-corrected chi connectivity index (χ2v) is 7.66. The van der Waals surface area contributed by atoms with Crippen LogP contribution in [0.5, 0.6) is 0 Å². The Hall–Kier alpha value is -2.02. The molecular formula is C16H13Cl2N3O2S. The Morgan fingerprint density at radius 1 is 1.04 bits per heavy atom. The molecule has 0 radical (unpaired) electrons. The number of imidazole rings is 1. The van der Waals surface area contributed by atoms with Gasteiger partial charge in [-0.25, -0.2) is 13.4 Å². The van der Waals surface area contributed by atoms with Gasteiger partial charge in [-0.05, 0) is 49.4 Å². The molecular weight excluding hydrogens is 369 g/mol. The minimum absolute atomic E-state index is 0.00882. The lowest BCUT2D eigenvalue weighted by molar-refractivity contribution is 0.601. The maximum atomic E-state index is 12.4. The minimum Gasteiger partial charge on any atom is -0.304 e. The number of aromatic nitrogens is 2. The normalized spacial score (nSPS) is 11.5. The van der Waals surface area contributed by atoms with Crippen molar-refractivity contribution in [1.29, 1.82) is 0 Å². The molecule has 0 unspecified atom stereocenters. The first kappa shape index (κ1) is 16.8. The van der Waals surface area contributed by atoms with Crippen LogP contribution in [0.2, 0.25) is 10.0 Å². The number of nitrogens with one attached hydrogen (secondary N) is 1. The standard InChI is InChI=1S/C16H13Cl2N3O2S/c1-11-19-6-7-21(11)15-4-2-14(3-5-15)20-24(22,23)16-9-12(17)8-13(18)10-16/h2-10,20H,1H3. The van der Waals surface area contributed by atoms with Crippen molar-refractivity contribution >= 4 is 38.9 Å². The van der Waals surface area contributed by atoms with E-state index in [0.29, 0.717) is 5.69 Å². The van der Waals surface area contributed by atoms with Crippen LogP contribution >= 0.6 is 23.2 Å². The molecule has 0 saturated heterocycles. The van der Waals surface area contributed by atoms with Gasteiger partial charge >= 0.3 is 0 Å². The van der Waals surface area contributed by atoms with Gasteiger partial charge in [0.2, 0.25) is 0 Å². The highest BCUT2D eigenvalue weighted by molar-refractivity contribution is 7.92. The Bertz CT molecular complexity index is 963. The molecule has 2 aromatic carbocycles. The van der Waals surface area contributed by atoms with Crippen molar-refractivity contribution < 1.29 is 8.42 Å². The quantitative estimate of drug-likeness (QED) is 0.732. The predicted molar refractivity (Wildman–Crippen MR) is 95.6 cm³/mol. The maximum Gasteiger partial charge on any atom is 0.261 e. The summed E-state index contributed by atoms with van der Waals surface area (Å²) in [6, 6.07) is 11.1. The van der Waals surface area contributed by atoms with Gasteiger partial charge in [-0.2, -0.15) is 0 Å². The van der Waals surface area contributed by atoms with Gasteiger partial charge in [0.25, 0.3) is 10.0 Å². The maximum absolute atomic E-state index is 12.4. The van der Waals surface area contributed by atoms with Crippen LogP contribution in [-0.2, 0) is 10.0 Å². The lowest BCUT2D eigenvalue weighted by Gasteiger charge is -2.10. The summed E-state index contributed by atoms with van der Waals surface area (Å²) in [4.78, 5) is 4.17. The number of halogens is 2. The second kappa shape index (κ2) is 6.47. The molecule has 1 heterocycles. The summed E-state index contributed by atoms with van der Waals surface area (Å²) in [5.41, 5.74) is 1.33. The fourth-order valence-electron chi connectivity index (χ4n) is 2.24. The number of hydrogen-bond acceptors (Lipinski definition) is 3. The molecule has 8 heteroatoms. The van der Waals surface area contributed by atoms with E-state index in [2.05, 4.69) is 9.71 Å². The highest BCUT2D eigenvalue weighted by atomic mass is 35.5. The van der Waals surface area contributed by atoms with Gasteiger partial charge in [0.1, 0.15) is 5.82 Å². The van der Waals surface area contributed by atoms with Crippen molar-refractivity contribution in [1.82, 2.24) is 9.55 Å². The topological polar surface area (TPSA) is 64.0 Å². The third-order valence-corrected chi connectivity index (χ3v) is 5.17. The zero-order chi connectivity index (χ0) is 17.3. The van der Waals surface area contributed by atoms with Gasteiger partial charge in [0.05, 0.1) is 4.90 Å². The molecule has 0 fully saturated rings. The molecule has 124 valence electrons. The van der Waals surface area contributed by atoms with Crippen LogP contribution in [0, 0.1) is 6.92 Å². The van der Waals surface area contributed by atoms with E-state index in [9.17, 15) is 8.42 Å². The van der Waals surface area contributed by atoms with E-state index in [1.807, 2.05) is 17.7 Å². The van der Waals surface area contributed by atoms with E-state index in [1.165, 1.54) is 18.2 Å². The first-order valence-electron chi connectivity index (χ1n) is 6.94. The first-order chi connectivity index (χ1) is 11.3. The summed E-state index contributed by atoms with van der Waals surface area (Å²) >= 11 is 11.7. The van der Waals surface area contributed by atoms with E-state index in [4.69, 9.17) is 23.2 Å². The molecule has 0 spiro atoms. The number of benzene rings is 2. The lowest BCUT2D eigenvalue weighted by atomic mass is 10.3. The van der Waals surface area contributed by atoms with Crippen molar-refractivity contribution in [2.45, 2.75) is 11.8 Å². The summed E-state index contributed by atoms with van der Waals surface area (Å²) in [6.07, 6.45) is 3.54. The Labute approximate surface area is 149 Å². The van der Waals surface area contributed by atoms with Crippen molar-refractivity contribution in [2.75, 3.05) is 4.72 Å². The number of sulfonamides is 1. The smallest absolute Gasteiger partial charge is 0.261 e. The summed E-state index contributed by atoms with van der Waals surface area (Å²) in [6.45, 7) is 1.89. The lowest BCUT2D eigenvalue weighted by Crippen LogP contribution is -2.13. The molecule has 1 N–H and O–H groups in total. The molecule has 0 aliphatic heterocycles. The fourth-order valence-corrected chi connectivity index (χ4v) is 4.02. The highest BCUT2D eigenvalue weighted by Crippen LogP contribution is 2.24. The van der Waals surface area contributed by atoms with Crippen molar-refractivity contribution in [2.24, 2.45) is 0 Å². The van der Waals surface area contributed by atoms with Crippen LogP contribution in [0.4, 0.5) is 5.69 Å². The average Bonchev–Trinajstić information content (AvgIpc) is 2.93. The van der Waals surface area contributed by atoms with Crippen LogP contribution in [-0.4, -0.2) is 18.0 Å². The number of rotatable bonds is 4. The summed E-state index contributed by atoms with van der Waals surface area (Å²) in [5.74, 6) is 0.844. The molecule has 0 aliphatic carbocycles. The SMILES string of the molecule is Cc1nccn1-c1ccc(NS(=O)(=O)c2cc(Cl)cc(Cl)c2)cc1. The summed E-state index contributed by atoms with van der Waals surface area (Å²) in [7, 11) is -3.77. The first-order valence-corrected chi connectivity index (χ1v) is 9.18. The van der Waals surface area contributed by atoms with E-state index >= 15 is 0 Å². The molecule has 1 aromatic heterocycles. The van der Waals surface area contributed by atoms with Gasteiger partial charge in [-0.15, -0.1) is 0 Å². The molecule has 0 saturated carbocycles. The zero-order valence-electron chi connectivity index (χ0n) is 12.6. The highest BCUT2D eigenvalue weighted by Gasteiger charge is 2.16. The van der Waals surface area contributed by atoms with Gasteiger partial charge in [0, 0.05) is 33.8 Å². The van der Waals surface area contributed by atoms with Crippen LogP contribution in [0.1, 0.15) is 5.82 Å². The molecule has 0 amide bonds.